The van der Waals surface area contributed by atoms with Gasteiger partial charge in [0.25, 0.3) is 0 Å². The van der Waals surface area contributed by atoms with Crippen molar-refractivity contribution in [2.45, 2.75) is 0 Å². The van der Waals surface area contributed by atoms with Gasteiger partial charge in [-0.3, -0.25) is 0 Å². The van der Waals surface area contributed by atoms with Crippen LogP contribution in [-0.4, -0.2) is 22.2 Å². The summed E-state index contributed by atoms with van der Waals surface area (Å²) >= 11 is 8.84. The summed E-state index contributed by atoms with van der Waals surface area (Å²) in [7, 11) is 0. The Hall–Kier alpha value is -0.700. The molecule has 2 heterocycles. The largest absolute Gasteiger partial charge is 0.478 e. The van der Waals surface area contributed by atoms with Gasteiger partial charge in [0.15, 0.2) is 0 Å². The quantitative estimate of drug-likeness (QED) is 0.784. The van der Waals surface area contributed by atoms with Crippen LogP contribution in [0.1, 0.15) is 20.7 Å². The van der Waals surface area contributed by atoms with Crippen LogP contribution in [-0.2, 0) is 0 Å². The highest BCUT2D eigenvalue weighted by molar-refractivity contribution is 9.11. The van der Waals surface area contributed by atoms with E-state index in [0.717, 1.165) is 0 Å². The van der Waals surface area contributed by atoms with Gasteiger partial charge < -0.3 is 10.2 Å². The number of carboxylic acids is 2. The fraction of sp³-hybridized carbons (Fsp3) is 0. The second kappa shape index (κ2) is 5.12. The molecule has 94 valence electrons. The van der Waals surface area contributed by atoms with Gasteiger partial charge >= 0.3 is 11.9 Å². The van der Waals surface area contributed by atoms with Crippen LogP contribution in [0.4, 0.5) is 0 Å². The van der Waals surface area contributed by atoms with E-state index in [0.29, 0.717) is 17.3 Å². The van der Waals surface area contributed by atoms with E-state index in [9.17, 15) is 9.59 Å². The minimum Gasteiger partial charge on any atom is -0.478 e. The molecule has 2 rings (SSSR count). The van der Waals surface area contributed by atoms with Crippen molar-refractivity contribution in [3.8, 4) is 9.75 Å². The maximum atomic E-state index is 11.1. The third-order valence-corrected chi connectivity index (χ3v) is 5.51. The van der Waals surface area contributed by atoms with E-state index in [4.69, 9.17) is 10.2 Å². The van der Waals surface area contributed by atoms with Crippen molar-refractivity contribution in [1.29, 1.82) is 0 Å². The molecule has 18 heavy (non-hydrogen) atoms. The Bertz CT molecular complexity index is 588. The van der Waals surface area contributed by atoms with E-state index in [1.165, 1.54) is 34.8 Å². The van der Waals surface area contributed by atoms with E-state index in [-0.39, 0.29) is 11.1 Å². The molecule has 0 aliphatic rings. The lowest BCUT2D eigenvalue weighted by Gasteiger charge is -1.98. The van der Waals surface area contributed by atoms with Crippen molar-refractivity contribution in [3.05, 3.63) is 30.8 Å². The highest BCUT2D eigenvalue weighted by atomic mass is 79.9. The Labute approximate surface area is 126 Å². The first-order valence-electron chi connectivity index (χ1n) is 4.45. The first kappa shape index (κ1) is 13.7. The maximum absolute atomic E-state index is 11.1. The predicted molar refractivity (Wildman–Crippen MR) is 77.0 cm³/mol. The third kappa shape index (κ3) is 2.51. The monoisotopic (exact) mass is 410 g/mol. The highest BCUT2D eigenvalue weighted by Crippen LogP contribution is 2.43. The molecule has 0 saturated carbocycles. The van der Waals surface area contributed by atoms with Gasteiger partial charge in [0, 0.05) is 0 Å². The standard InChI is InChI=1S/C10H4Br2O4S2/c11-5-1-3(9(13)14)7(17-5)8-4(10(15)16)2-6(12)18-8/h1-2H,(H,13,14)(H,15,16). The third-order valence-electron chi connectivity index (χ3n) is 2.07. The molecule has 8 heteroatoms. The number of carboxylic acid groups (broad SMARTS) is 2. The SMILES string of the molecule is O=C(O)c1cc(Br)sc1-c1sc(Br)cc1C(=O)O. The number of hydrogen-bond acceptors (Lipinski definition) is 4. The van der Waals surface area contributed by atoms with Gasteiger partial charge in [-0.1, -0.05) is 0 Å². The first-order valence-corrected chi connectivity index (χ1v) is 7.67. The molecule has 0 spiro atoms. The molecule has 0 fully saturated rings. The van der Waals surface area contributed by atoms with Crippen LogP contribution in [0.15, 0.2) is 19.7 Å². The number of carbonyl (C=O) groups is 2. The zero-order chi connectivity index (χ0) is 13.4. The molecule has 0 aliphatic heterocycles. The second-order valence-electron chi connectivity index (χ2n) is 3.20. The molecule has 2 aromatic heterocycles. The van der Waals surface area contributed by atoms with Crippen LogP contribution in [0, 0.1) is 0 Å². The van der Waals surface area contributed by atoms with E-state index in [2.05, 4.69) is 31.9 Å². The molecule has 0 bridgehead atoms. The Balaban J connectivity index is 2.68. The molecule has 0 aliphatic carbocycles. The number of hydrogen-bond donors (Lipinski definition) is 2. The van der Waals surface area contributed by atoms with Crippen molar-refractivity contribution in [2.24, 2.45) is 0 Å². The van der Waals surface area contributed by atoms with Gasteiger partial charge in [0.1, 0.15) is 0 Å². The van der Waals surface area contributed by atoms with Crippen LogP contribution >= 0.6 is 54.5 Å². The van der Waals surface area contributed by atoms with Crippen LogP contribution in [0.5, 0.6) is 0 Å². The van der Waals surface area contributed by atoms with E-state index in [1.807, 2.05) is 0 Å². The summed E-state index contributed by atoms with van der Waals surface area (Å²) in [6, 6.07) is 2.95. The Kier molecular flexibility index (Phi) is 3.90. The van der Waals surface area contributed by atoms with Crippen LogP contribution < -0.4 is 0 Å². The van der Waals surface area contributed by atoms with Gasteiger partial charge in [-0.25, -0.2) is 9.59 Å². The van der Waals surface area contributed by atoms with Crippen LogP contribution in [0.3, 0.4) is 0 Å². The van der Waals surface area contributed by atoms with Crippen molar-refractivity contribution < 1.29 is 19.8 Å². The second-order valence-corrected chi connectivity index (χ2v) is 8.06. The number of rotatable bonds is 3. The molecule has 0 radical (unpaired) electrons. The molecule has 0 amide bonds. The van der Waals surface area contributed by atoms with E-state index < -0.39 is 11.9 Å². The molecule has 0 unspecified atom stereocenters. The lowest BCUT2D eigenvalue weighted by molar-refractivity contribution is 0.0685. The molecular formula is C10H4Br2O4S2. The molecule has 2 N–H and O–H groups in total. The summed E-state index contributed by atoms with van der Waals surface area (Å²) in [6.07, 6.45) is 0. The fourth-order valence-corrected chi connectivity index (χ4v) is 4.72. The first-order chi connectivity index (χ1) is 8.40. The minimum absolute atomic E-state index is 0.101. The zero-order valence-corrected chi connectivity index (χ0v) is 13.2. The molecule has 0 aromatic carbocycles. The normalized spacial score (nSPS) is 10.6. The van der Waals surface area contributed by atoms with Crippen LogP contribution in [0.25, 0.3) is 9.75 Å². The topological polar surface area (TPSA) is 74.6 Å². The van der Waals surface area contributed by atoms with Gasteiger partial charge in [-0.05, 0) is 44.0 Å². The highest BCUT2D eigenvalue weighted by Gasteiger charge is 2.23. The van der Waals surface area contributed by atoms with E-state index >= 15 is 0 Å². The summed E-state index contributed by atoms with van der Waals surface area (Å²) in [6.45, 7) is 0. The van der Waals surface area contributed by atoms with Crippen LogP contribution in [0.2, 0.25) is 0 Å². The summed E-state index contributed by atoms with van der Waals surface area (Å²) in [5.41, 5.74) is 0.201. The number of halogens is 2. The molecular weight excluding hydrogens is 408 g/mol. The van der Waals surface area contributed by atoms with Gasteiger partial charge in [-0.2, -0.15) is 0 Å². The Morgan fingerprint density at radius 2 is 1.22 bits per heavy atom. The minimum atomic E-state index is -1.08. The Morgan fingerprint density at radius 3 is 1.50 bits per heavy atom. The predicted octanol–water partition coefficient (Wildman–Crippen LogP) is 4.40. The van der Waals surface area contributed by atoms with Crippen molar-refractivity contribution >= 4 is 66.5 Å². The summed E-state index contributed by atoms with van der Waals surface area (Å²) in [5, 5.41) is 18.2. The van der Waals surface area contributed by atoms with Crippen molar-refractivity contribution in [3.63, 3.8) is 0 Å². The Morgan fingerprint density at radius 1 is 0.889 bits per heavy atom. The summed E-state index contributed by atoms with van der Waals surface area (Å²) in [4.78, 5) is 23.1. The molecule has 0 saturated heterocycles. The maximum Gasteiger partial charge on any atom is 0.337 e. The van der Waals surface area contributed by atoms with Gasteiger partial charge in [-0.15, -0.1) is 22.7 Å². The average Bonchev–Trinajstić information content (AvgIpc) is 2.81. The average molecular weight is 412 g/mol. The fourth-order valence-electron chi connectivity index (χ4n) is 1.38. The molecule has 4 nitrogen and oxygen atoms in total. The lowest BCUT2D eigenvalue weighted by atomic mass is 10.2. The zero-order valence-electron chi connectivity index (χ0n) is 8.44. The summed E-state index contributed by atoms with van der Waals surface area (Å²) in [5.74, 6) is -2.15. The van der Waals surface area contributed by atoms with Crippen molar-refractivity contribution in [2.75, 3.05) is 0 Å². The molecule has 2 aromatic rings. The number of thiophene rings is 2. The molecule has 0 atom stereocenters. The summed E-state index contributed by atoms with van der Waals surface area (Å²) < 4.78 is 1.30. The van der Waals surface area contributed by atoms with Gasteiger partial charge in [0.2, 0.25) is 0 Å². The lowest BCUT2D eigenvalue weighted by Crippen LogP contribution is -1.98. The van der Waals surface area contributed by atoms with E-state index in [1.54, 1.807) is 0 Å². The van der Waals surface area contributed by atoms with Crippen molar-refractivity contribution in [1.82, 2.24) is 0 Å². The smallest absolute Gasteiger partial charge is 0.337 e. The number of aromatic carboxylic acids is 2. The van der Waals surface area contributed by atoms with Gasteiger partial charge in [0.05, 0.1) is 28.5 Å².